The maximum Gasteiger partial charge on any atom is 0.494 e. The van der Waals surface area contributed by atoms with E-state index in [0.717, 1.165) is 24.2 Å². The van der Waals surface area contributed by atoms with Gasteiger partial charge in [0.15, 0.2) is 0 Å². The largest absolute Gasteiger partial charge is 0.494 e. The van der Waals surface area contributed by atoms with E-state index < -0.39 is 0 Å². The van der Waals surface area contributed by atoms with Gasteiger partial charge in [-0.05, 0) is 45.3 Å². The van der Waals surface area contributed by atoms with E-state index in [4.69, 9.17) is 14.0 Å². The van der Waals surface area contributed by atoms with Gasteiger partial charge in [-0.3, -0.25) is 4.99 Å². The van der Waals surface area contributed by atoms with Crippen molar-refractivity contribution in [2.75, 3.05) is 6.54 Å². The average Bonchev–Trinajstić information content (AvgIpc) is 2.97. The highest BCUT2D eigenvalue weighted by Crippen LogP contribution is 2.36. The van der Waals surface area contributed by atoms with Crippen LogP contribution < -0.4 is 10.2 Å². The van der Waals surface area contributed by atoms with Gasteiger partial charge in [0.1, 0.15) is 11.9 Å². The monoisotopic (exact) mass is 287 g/mol. The van der Waals surface area contributed by atoms with Crippen LogP contribution in [0.2, 0.25) is 0 Å². The average molecular weight is 287 g/mol. The molecular weight excluding hydrogens is 265 g/mol. The maximum atomic E-state index is 6.04. The summed E-state index contributed by atoms with van der Waals surface area (Å²) in [6.45, 7) is 8.99. The Hall–Kier alpha value is -1.33. The summed E-state index contributed by atoms with van der Waals surface area (Å²) in [5, 5.41) is 0. The van der Waals surface area contributed by atoms with E-state index >= 15 is 0 Å². The highest BCUT2D eigenvalue weighted by Gasteiger charge is 2.51. The first kappa shape index (κ1) is 14.6. The molecule has 21 heavy (non-hydrogen) atoms. The predicted molar refractivity (Wildman–Crippen MR) is 84.6 cm³/mol. The van der Waals surface area contributed by atoms with Crippen LogP contribution in [0.5, 0.6) is 5.75 Å². The van der Waals surface area contributed by atoms with E-state index in [0.29, 0.717) is 0 Å². The minimum absolute atomic E-state index is 0.174. The Kier molecular flexibility index (Phi) is 3.58. The van der Waals surface area contributed by atoms with E-state index in [1.807, 2.05) is 30.5 Å². The first-order valence-corrected chi connectivity index (χ1v) is 7.48. The lowest BCUT2D eigenvalue weighted by atomic mass is 9.79. The van der Waals surface area contributed by atoms with Gasteiger partial charge in [0.05, 0.1) is 17.7 Å². The van der Waals surface area contributed by atoms with E-state index in [2.05, 4.69) is 32.7 Å². The molecule has 4 nitrogen and oxygen atoms in total. The standard InChI is InChI=1S/C16H22BNO3/c1-15(2)16(3,4)21-17(20-15)12-5-7-13(8-6-12)19-14-9-10-18-11-14/h5-8,10,14H,9,11H2,1-4H3. The molecule has 0 radical (unpaired) electrons. The van der Waals surface area contributed by atoms with Crippen molar-refractivity contribution in [3.8, 4) is 5.75 Å². The van der Waals surface area contributed by atoms with Crippen molar-refractivity contribution in [1.29, 1.82) is 0 Å². The molecule has 0 N–H and O–H groups in total. The van der Waals surface area contributed by atoms with Crippen molar-refractivity contribution in [3.05, 3.63) is 24.3 Å². The highest BCUT2D eigenvalue weighted by molar-refractivity contribution is 6.62. The maximum absolute atomic E-state index is 6.04. The molecule has 1 aromatic rings. The zero-order valence-corrected chi connectivity index (χ0v) is 13.1. The van der Waals surface area contributed by atoms with Crippen LogP contribution in [-0.4, -0.2) is 37.2 Å². The molecule has 3 rings (SSSR count). The molecule has 5 heteroatoms. The lowest BCUT2D eigenvalue weighted by Gasteiger charge is -2.32. The van der Waals surface area contributed by atoms with Crippen molar-refractivity contribution in [2.24, 2.45) is 4.99 Å². The van der Waals surface area contributed by atoms with Gasteiger partial charge in [0, 0.05) is 12.6 Å². The third-order valence-corrected chi connectivity index (χ3v) is 4.51. The summed E-state index contributed by atoms with van der Waals surface area (Å²) in [4.78, 5) is 4.18. The highest BCUT2D eigenvalue weighted by atomic mass is 16.7. The summed E-state index contributed by atoms with van der Waals surface area (Å²) < 4.78 is 17.9. The van der Waals surface area contributed by atoms with Gasteiger partial charge < -0.3 is 14.0 Å². The normalized spacial score (nSPS) is 26.3. The Morgan fingerprint density at radius 2 is 1.71 bits per heavy atom. The summed E-state index contributed by atoms with van der Waals surface area (Å²) in [5.41, 5.74) is 0.394. The van der Waals surface area contributed by atoms with E-state index in [1.54, 1.807) is 0 Å². The van der Waals surface area contributed by atoms with Gasteiger partial charge in [-0.25, -0.2) is 0 Å². The molecule has 2 heterocycles. The molecule has 2 aliphatic rings. The van der Waals surface area contributed by atoms with E-state index in [9.17, 15) is 0 Å². The van der Waals surface area contributed by atoms with Crippen molar-refractivity contribution >= 4 is 18.8 Å². The Bertz CT molecular complexity index is 515. The van der Waals surface area contributed by atoms with E-state index in [1.165, 1.54) is 0 Å². The second kappa shape index (κ2) is 5.14. The summed E-state index contributed by atoms with van der Waals surface area (Å²) in [7, 11) is -0.320. The molecule has 0 aliphatic carbocycles. The number of hydrogen-bond donors (Lipinski definition) is 0. The molecule has 0 amide bonds. The lowest BCUT2D eigenvalue weighted by Crippen LogP contribution is -2.41. The number of rotatable bonds is 3. The molecule has 1 atom stereocenters. The van der Waals surface area contributed by atoms with Crippen molar-refractivity contribution in [3.63, 3.8) is 0 Å². The number of aliphatic imine (C=N–C) groups is 1. The van der Waals surface area contributed by atoms with Crippen molar-refractivity contribution in [2.45, 2.75) is 51.4 Å². The number of benzene rings is 1. The topological polar surface area (TPSA) is 40.0 Å². The molecule has 0 saturated carbocycles. The fourth-order valence-electron chi connectivity index (χ4n) is 2.42. The van der Waals surface area contributed by atoms with Crippen LogP contribution >= 0.6 is 0 Å². The van der Waals surface area contributed by atoms with E-state index in [-0.39, 0.29) is 24.4 Å². The second-order valence-corrected chi connectivity index (χ2v) is 6.68. The predicted octanol–water partition coefficient (Wildman–Crippen LogP) is 2.21. The minimum atomic E-state index is -0.320. The third-order valence-electron chi connectivity index (χ3n) is 4.51. The van der Waals surface area contributed by atoms with Crippen LogP contribution in [0.15, 0.2) is 29.3 Å². The zero-order valence-electron chi connectivity index (χ0n) is 13.1. The summed E-state index contributed by atoms with van der Waals surface area (Å²) in [5.74, 6) is 0.866. The SMILES string of the molecule is CC1(C)OB(c2ccc(OC3CC=NC3)cc2)OC1(C)C. The summed E-state index contributed by atoms with van der Waals surface area (Å²) >= 11 is 0. The Morgan fingerprint density at radius 3 is 2.24 bits per heavy atom. The van der Waals surface area contributed by atoms with Gasteiger partial charge in [-0.2, -0.15) is 0 Å². The second-order valence-electron chi connectivity index (χ2n) is 6.68. The molecule has 1 saturated heterocycles. The van der Waals surface area contributed by atoms with Gasteiger partial charge in [0.25, 0.3) is 0 Å². The lowest BCUT2D eigenvalue weighted by molar-refractivity contribution is 0.00578. The molecule has 1 fully saturated rings. The van der Waals surface area contributed by atoms with Crippen LogP contribution in [0.25, 0.3) is 0 Å². The van der Waals surface area contributed by atoms with Crippen LogP contribution in [0.1, 0.15) is 34.1 Å². The van der Waals surface area contributed by atoms with Crippen molar-refractivity contribution in [1.82, 2.24) is 0 Å². The van der Waals surface area contributed by atoms with Gasteiger partial charge in [-0.15, -0.1) is 0 Å². The number of hydrogen-bond acceptors (Lipinski definition) is 4. The fourth-order valence-corrected chi connectivity index (χ4v) is 2.42. The smallest absolute Gasteiger partial charge is 0.488 e. The first-order valence-electron chi connectivity index (χ1n) is 7.48. The quantitative estimate of drug-likeness (QED) is 0.800. The third kappa shape index (κ3) is 2.85. The number of nitrogens with zero attached hydrogens (tertiary/aromatic N) is 1. The zero-order chi connectivity index (χ0) is 15.1. The Morgan fingerprint density at radius 1 is 1.10 bits per heavy atom. The van der Waals surface area contributed by atoms with Crippen LogP contribution in [0.4, 0.5) is 0 Å². The molecule has 1 unspecified atom stereocenters. The minimum Gasteiger partial charge on any atom is -0.488 e. The number of ether oxygens (including phenoxy) is 1. The molecule has 2 aliphatic heterocycles. The van der Waals surface area contributed by atoms with Gasteiger partial charge >= 0.3 is 7.12 Å². The summed E-state index contributed by atoms with van der Waals surface area (Å²) in [6, 6.07) is 7.96. The van der Waals surface area contributed by atoms with Crippen LogP contribution in [0.3, 0.4) is 0 Å². The molecule has 1 aromatic carbocycles. The van der Waals surface area contributed by atoms with Crippen LogP contribution in [0, 0.1) is 0 Å². The molecule has 112 valence electrons. The van der Waals surface area contributed by atoms with Gasteiger partial charge in [0.2, 0.25) is 0 Å². The molecular formula is C16H22BNO3. The first-order chi connectivity index (χ1) is 9.87. The molecule has 0 spiro atoms. The summed E-state index contributed by atoms with van der Waals surface area (Å²) in [6.07, 6.45) is 2.98. The molecule has 0 aromatic heterocycles. The van der Waals surface area contributed by atoms with Crippen molar-refractivity contribution < 1.29 is 14.0 Å². The van der Waals surface area contributed by atoms with Crippen LogP contribution in [-0.2, 0) is 9.31 Å². The fraction of sp³-hybridized carbons (Fsp3) is 0.562. The Balaban J connectivity index is 1.67. The molecule has 0 bridgehead atoms. The Labute approximate surface area is 126 Å². The van der Waals surface area contributed by atoms with Gasteiger partial charge in [-0.1, -0.05) is 12.1 Å².